The Kier molecular flexibility index (Phi) is 72.9. The molecule has 0 rings (SSSR count). The first-order valence-electron chi connectivity index (χ1n) is 39.9. The van der Waals surface area contributed by atoms with Gasteiger partial charge < -0.3 is 18.9 Å². The van der Waals surface area contributed by atoms with Crippen LogP contribution in [0.15, 0.2) is 170 Å². The quantitative estimate of drug-likeness (QED) is 0.0211. The highest BCUT2D eigenvalue weighted by Crippen LogP contribution is 2.43. The van der Waals surface area contributed by atoms with Crippen molar-refractivity contribution in [2.24, 2.45) is 0 Å². The number of ether oxygens (including phenoxy) is 2. The van der Waals surface area contributed by atoms with Gasteiger partial charge in [-0.2, -0.15) is 0 Å². The van der Waals surface area contributed by atoms with E-state index in [2.05, 4.69) is 184 Å². The molecule has 0 aliphatic heterocycles. The van der Waals surface area contributed by atoms with Crippen LogP contribution in [0.2, 0.25) is 0 Å². The predicted molar refractivity (Wildman–Crippen MR) is 426 cm³/mol. The molecule has 0 bridgehead atoms. The van der Waals surface area contributed by atoms with Crippen molar-refractivity contribution in [2.75, 3.05) is 47.5 Å². The fourth-order valence-corrected chi connectivity index (χ4v) is 11.5. The number of phosphoric ester groups is 1. The van der Waals surface area contributed by atoms with Gasteiger partial charge in [-0.15, -0.1) is 0 Å². The van der Waals surface area contributed by atoms with Crippen molar-refractivity contribution in [3.8, 4) is 0 Å². The lowest BCUT2D eigenvalue weighted by molar-refractivity contribution is -0.870. The van der Waals surface area contributed by atoms with Gasteiger partial charge in [0.2, 0.25) is 0 Å². The average Bonchev–Trinajstić information content (AvgIpc) is 1.14. The number of esters is 2. The molecule has 9 nitrogen and oxygen atoms in total. The van der Waals surface area contributed by atoms with Crippen LogP contribution in [0, 0.1) is 0 Å². The van der Waals surface area contributed by atoms with Crippen molar-refractivity contribution in [1.82, 2.24) is 0 Å². The Balaban J connectivity index is 4.01. The molecule has 0 fully saturated rings. The summed E-state index contributed by atoms with van der Waals surface area (Å²) in [5.74, 6) is -0.796. The molecule has 98 heavy (non-hydrogen) atoms. The Morgan fingerprint density at radius 3 is 0.816 bits per heavy atom. The summed E-state index contributed by atoms with van der Waals surface area (Å²) in [4.78, 5) is 36.0. The van der Waals surface area contributed by atoms with E-state index in [1.165, 1.54) is 161 Å². The van der Waals surface area contributed by atoms with Gasteiger partial charge in [-0.25, -0.2) is 4.57 Å². The standard InChI is InChI=1S/C88H148NO8P/c1-6-8-10-12-14-16-18-20-22-24-26-28-30-32-34-36-38-40-42-44-46-48-50-52-54-56-58-60-62-64-66-68-70-72-74-76-78-80-87(90)94-84-86(85-96-98(92,93)95-83-82-89(3,4)5)97-88(91)81-79-77-75-73-71-69-67-65-63-61-59-57-55-53-51-49-47-45-43-41-39-37-35-33-31-29-27-25-23-21-19-17-15-13-11-9-7-2/h8-11,14-17,20-23,26-29,32-35,38-41,44-47,86H,6-7,12-13,18-19,24-25,30-31,36-37,42-43,48-85H2,1-5H3/p+1/b10-8-,11-9-,16-14-,17-15-,22-20-,23-21-,28-26-,29-27-,34-32-,35-33-,40-38-,41-39-,46-44-,47-45-. The number of quaternary nitrogens is 1. The summed E-state index contributed by atoms with van der Waals surface area (Å²) < 4.78 is 34.8. The second-order valence-electron chi connectivity index (χ2n) is 27.3. The molecule has 0 saturated carbocycles. The Labute approximate surface area is 604 Å². The highest BCUT2D eigenvalue weighted by atomic mass is 31.2. The van der Waals surface area contributed by atoms with Gasteiger partial charge in [-0.1, -0.05) is 351 Å². The van der Waals surface area contributed by atoms with E-state index in [0.717, 1.165) is 128 Å². The Hall–Kier alpha value is -4.63. The third-order valence-electron chi connectivity index (χ3n) is 16.7. The van der Waals surface area contributed by atoms with Gasteiger partial charge in [0.25, 0.3) is 0 Å². The molecule has 558 valence electrons. The van der Waals surface area contributed by atoms with E-state index in [4.69, 9.17) is 18.5 Å². The second-order valence-corrected chi connectivity index (χ2v) is 28.8. The number of carbonyl (C=O) groups is 2. The summed E-state index contributed by atoms with van der Waals surface area (Å²) in [6.45, 7) is 4.22. The zero-order valence-electron chi connectivity index (χ0n) is 63.7. The minimum absolute atomic E-state index is 0.0262. The Morgan fingerprint density at radius 2 is 0.551 bits per heavy atom. The maximum atomic E-state index is 12.9. The molecule has 0 aliphatic carbocycles. The largest absolute Gasteiger partial charge is 0.472 e. The molecule has 0 radical (unpaired) electrons. The van der Waals surface area contributed by atoms with Crippen molar-refractivity contribution in [3.05, 3.63) is 170 Å². The number of unbranched alkanes of at least 4 members (excludes halogenated alkanes) is 30. The number of carbonyl (C=O) groups excluding carboxylic acids is 2. The van der Waals surface area contributed by atoms with Crippen molar-refractivity contribution in [2.45, 2.75) is 328 Å². The molecule has 0 aliphatic rings. The molecule has 0 amide bonds. The number of hydrogen-bond donors (Lipinski definition) is 1. The van der Waals surface area contributed by atoms with E-state index in [-0.39, 0.29) is 32.0 Å². The summed E-state index contributed by atoms with van der Waals surface area (Å²) in [6, 6.07) is 0. The zero-order valence-corrected chi connectivity index (χ0v) is 64.6. The molecule has 0 saturated heterocycles. The van der Waals surface area contributed by atoms with Crippen molar-refractivity contribution < 1.29 is 42.1 Å². The summed E-state index contributed by atoms with van der Waals surface area (Å²) >= 11 is 0. The highest BCUT2D eigenvalue weighted by Gasteiger charge is 2.27. The Bertz CT molecular complexity index is 2270. The van der Waals surface area contributed by atoms with Crippen molar-refractivity contribution in [3.63, 3.8) is 0 Å². The van der Waals surface area contributed by atoms with Crippen LogP contribution in [0.25, 0.3) is 0 Å². The van der Waals surface area contributed by atoms with Gasteiger partial charge >= 0.3 is 19.8 Å². The minimum Gasteiger partial charge on any atom is -0.462 e. The molecule has 1 N–H and O–H groups in total. The number of likely N-dealkylation sites (N-methyl/N-ethyl adjacent to an activating group) is 1. The summed E-state index contributed by atoms with van der Waals surface area (Å²) in [5.41, 5.74) is 0. The predicted octanol–water partition coefficient (Wildman–Crippen LogP) is 26.8. The molecular formula is C88H149NO8P+. The zero-order chi connectivity index (χ0) is 71.1. The molecule has 0 heterocycles. The number of phosphoric acid groups is 1. The van der Waals surface area contributed by atoms with Crippen LogP contribution in [-0.2, 0) is 32.7 Å². The van der Waals surface area contributed by atoms with Crippen molar-refractivity contribution in [1.29, 1.82) is 0 Å². The fourth-order valence-electron chi connectivity index (χ4n) is 10.7. The van der Waals surface area contributed by atoms with Gasteiger partial charge in [0.1, 0.15) is 19.8 Å². The highest BCUT2D eigenvalue weighted by molar-refractivity contribution is 7.47. The first-order valence-corrected chi connectivity index (χ1v) is 41.4. The molecule has 0 aromatic carbocycles. The van der Waals surface area contributed by atoms with E-state index in [1.807, 2.05) is 21.1 Å². The number of allylic oxidation sites excluding steroid dienone is 28. The smallest absolute Gasteiger partial charge is 0.462 e. The molecular weight excluding hydrogens is 1230 g/mol. The topological polar surface area (TPSA) is 108 Å². The molecule has 10 heteroatoms. The van der Waals surface area contributed by atoms with E-state index < -0.39 is 26.5 Å². The van der Waals surface area contributed by atoms with Crippen LogP contribution in [0.5, 0.6) is 0 Å². The average molecular weight is 1380 g/mol. The van der Waals surface area contributed by atoms with E-state index in [0.29, 0.717) is 17.4 Å². The molecule has 0 spiro atoms. The van der Waals surface area contributed by atoms with Crippen LogP contribution >= 0.6 is 7.82 Å². The van der Waals surface area contributed by atoms with Crippen LogP contribution in [0.1, 0.15) is 322 Å². The summed E-state index contributed by atoms with van der Waals surface area (Å²) in [5, 5.41) is 0. The summed E-state index contributed by atoms with van der Waals surface area (Å²) in [6.07, 6.45) is 116. The molecule has 0 aromatic heterocycles. The van der Waals surface area contributed by atoms with Gasteiger partial charge in [-0.05, 0) is 128 Å². The molecule has 0 aromatic rings. The second kappa shape index (κ2) is 76.5. The Morgan fingerprint density at radius 1 is 0.316 bits per heavy atom. The third-order valence-corrected chi connectivity index (χ3v) is 17.7. The normalized spacial score (nSPS) is 14.0. The van der Waals surface area contributed by atoms with Gasteiger partial charge in [-0.3, -0.25) is 18.6 Å². The monoisotopic (exact) mass is 1380 g/mol. The van der Waals surface area contributed by atoms with Crippen LogP contribution in [0.4, 0.5) is 0 Å². The molecule has 2 unspecified atom stereocenters. The first-order chi connectivity index (χ1) is 48.0. The number of hydrogen-bond acceptors (Lipinski definition) is 7. The van der Waals surface area contributed by atoms with E-state index in [9.17, 15) is 19.0 Å². The lowest BCUT2D eigenvalue weighted by Gasteiger charge is -2.24. The lowest BCUT2D eigenvalue weighted by Crippen LogP contribution is -2.37. The maximum absolute atomic E-state index is 12.9. The van der Waals surface area contributed by atoms with Crippen LogP contribution in [0.3, 0.4) is 0 Å². The maximum Gasteiger partial charge on any atom is 0.472 e. The number of nitrogens with zero attached hydrogens (tertiary/aromatic N) is 1. The fraction of sp³-hybridized carbons (Fsp3) is 0.659. The minimum atomic E-state index is -4.40. The summed E-state index contributed by atoms with van der Waals surface area (Å²) in [7, 11) is 1.47. The third kappa shape index (κ3) is 80.3. The van der Waals surface area contributed by atoms with E-state index in [1.54, 1.807) is 0 Å². The van der Waals surface area contributed by atoms with E-state index >= 15 is 0 Å². The van der Waals surface area contributed by atoms with Crippen LogP contribution < -0.4 is 0 Å². The SMILES string of the molecule is CC/C=C\C/C=C\C/C=C\C/C=C\C/C=C\C/C=C\C/C=C\CCCCCCCCCCCCCCCCCC(=O)OCC(COP(=O)(O)OCC[N+](C)(C)C)OC(=O)CCCCCCCCCCCCCCCCC/C=C\C/C=C\C/C=C\C/C=C\C/C=C\C/C=C\C/C=C\CC. The van der Waals surface area contributed by atoms with Crippen molar-refractivity contribution >= 4 is 19.8 Å². The lowest BCUT2D eigenvalue weighted by atomic mass is 10.0. The molecule has 2 atom stereocenters. The first kappa shape index (κ1) is 93.4. The number of rotatable bonds is 72. The van der Waals surface area contributed by atoms with Gasteiger partial charge in [0, 0.05) is 12.8 Å². The van der Waals surface area contributed by atoms with Gasteiger partial charge in [0.05, 0.1) is 27.7 Å². The van der Waals surface area contributed by atoms with Crippen LogP contribution in [-0.4, -0.2) is 74.9 Å². The van der Waals surface area contributed by atoms with Gasteiger partial charge in [0.15, 0.2) is 6.10 Å².